The Bertz CT molecular complexity index is 234. The van der Waals surface area contributed by atoms with E-state index in [1.54, 1.807) is 0 Å². The highest BCUT2D eigenvalue weighted by atomic mass is 16.1. The van der Waals surface area contributed by atoms with Gasteiger partial charge in [-0.25, -0.2) is 0 Å². The lowest BCUT2D eigenvalue weighted by molar-refractivity contribution is -0.123. The minimum absolute atomic E-state index is 0.270. The molecule has 1 atom stereocenters. The lowest BCUT2D eigenvalue weighted by Gasteiger charge is -2.34. The van der Waals surface area contributed by atoms with E-state index >= 15 is 0 Å². The fourth-order valence-electron chi connectivity index (χ4n) is 1.66. The van der Waals surface area contributed by atoms with Gasteiger partial charge in [-0.05, 0) is 19.4 Å². The first-order valence-electron chi connectivity index (χ1n) is 4.47. The van der Waals surface area contributed by atoms with Gasteiger partial charge >= 0.3 is 0 Å². The van der Waals surface area contributed by atoms with Crippen LogP contribution in [-0.4, -0.2) is 29.9 Å². The van der Waals surface area contributed by atoms with Gasteiger partial charge in [-0.15, -0.1) is 0 Å². The second-order valence-corrected chi connectivity index (χ2v) is 3.22. The predicted octanol–water partition coefficient (Wildman–Crippen LogP) is 0.0541. The van der Waals surface area contributed by atoms with Gasteiger partial charge < -0.3 is 5.73 Å². The smallest absolute Gasteiger partial charge is 0.234 e. The third-order valence-electron chi connectivity index (χ3n) is 2.47. The van der Waals surface area contributed by atoms with Crippen molar-refractivity contribution in [3.63, 3.8) is 0 Å². The molecule has 1 aliphatic heterocycles. The van der Waals surface area contributed by atoms with Crippen LogP contribution in [0.2, 0.25) is 0 Å². The van der Waals surface area contributed by atoms with Crippen LogP contribution in [0.1, 0.15) is 19.8 Å². The molecule has 2 N–H and O–H groups in total. The second-order valence-electron chi connectivity index (χ2n) is 3.22. The zero-order chi connectivity index (χ0) is 9.84. The number of hydrogen-bond donors (Lipinski definition) is 1. The summed E-state index contributed by atoms with van der Waals surface area (Å²) in [5, 5.41) is 8.69. The van der Waals surface area contributed by atoms with Crippen molar-refractivity contribution in [3.8, 4) is 6.07 Å². The summed E-state index contributed by atoms with van der Waals surface area (Å²) in [4.78, 5) is 13.1. The summed E-state index contributed by atoms with van der Waals surface area (Å²) >= 11 is 0. The van der Waals surface area contributed by atoms with Crippen LogP contribution in [0.4, 0.5) is 0 Å². The van der Waals surface area contributed by atoms with Crippen LogP contribution in [0.5, 0.6) is 0 Å². The first-order valence-corrected chi connectivity index (χ1v) is 4.47. The number of carbonyl (C=O) groups is 1. The quantitative estimate of drug-likeness (QED) is 0.653. The largest absolute Gasteiger partial charge is 0.368 e. The Balaban J connectivity index is 2.64. The molecule has 0 bridgehead atoms. The summed E-state index contributed by atoms with van der Waals surface area (Å²) in [6.45, 7) is 3.58. The maximum Gasteiger partial charge on any atom is 0.234 e. The molecule has 1 fully saturated rings. The van der Waals surface area contributed by atoms with E-state index in [1.807, 2.05) is 11.8 Å². The summed E-state index contributed by atoms with van der Waals surface area (Å²) in [6.07, 6.45) is 1.29. The molecular weight excluding hydrogens is 166 g/mol. The van der Waals surface area contributed by atoms with Crippen molar-refractivity contribution in [3.05, 3.63) is 5.92 Å². The Kier molecular flexibility index (Phi) is 3.26. The van der Waals surface area contributed by atoms with Gasteiger partial charge in [0.2, 0.25) is 5.91 Å². The molecule has 1 rings (SSSR count). The molecule has 0 saturated carbocycles. The van der Waals surface area contributed by atoms with Crippen molar-refractivity contribution in [1.29, 1.82) is 5.26 Å². The number of carbonyl (C=O) groups excluding carboxylic acids is 1. The van der Waals surface area contributed by atoms with Gasteiger partial charge in [-0.1, -0.05) is 6.92 Å². The molecule has 0 aromatic rings. The average molecular weight is 180 g/mol. The monoisotopic (exact) mass is 180 g/mol. The number of nitrogens with zero attached hydrogens (tertiary/aromatic N) is 2. The number of nitriles is 1. The van der Waals surface area contributed by atoms with Crippen LogP contribution in [0.3, 0.4) is 0 Å². The van der Waals surface area contributed by atoms with Crippen LogP contribution in [-0.2, 0) is 4.79 Å². The van der Waals surface area contributed by atoms with Crippen molar-refractivity contribution < 1.29 is 4.79 Å². The third-order valence-corrected chi connectivity index (χ3v) is 2.47. The van der Waals surface area contributed by atoms with Gasteiger partial charge in [0, 0.05) is 6.54 Å². The first kappa shape index (κ1) is 10.0. The van der Waals surface area contributed by atoms with Crippen molar-refractivity contribution in [1.82, 2.24) is 4.90 Å². The average Bonchev–Trinajstić information content (AvgIpc) is 2.16. The molecule has 4 heteroatoms. The molecule has 1 heterocycles. The van der Waals surface area contributed by atoms with E-state index < -0.39 is 0 Å². The van der Waals surface area contributed by atoms with Crippen LogP contribution in [0, 0.1) is 17.2 Å². The number of amides is 1. The molecule has 1 saturated heterocycles. The molecule has 1 unspecified atom stereocenters. The first-order chi connectivity index (χ1) is 6.19. The molecule has 1 aliphatic rings. The number of primary amides is 1. The summed E-state index contributed by atoms with van der Waals surface area (Å²) in [6, 6.07) is 1.85. The van der Waals surface area contributed by atoms with E-state index in [0.717, 1.165) is 25.4 Å². The number of likely N-dealkylation sites (N-methyl/N-ethyl adjacent to an activating group) is 1. The lowest BCUT2D eigenvalue weighted by atomic mass is 9.92. The summed E-state index contributed by atoms with van der Waals surface area (Å²) < 4.78 is 0. The topological polar surface area (TPSA) is 70.1 Å². The highest BCUT2D eigenvalue weighted by Gasteiger charge is 2.31. The van der Waals surface area contributed by atoms with Gasteiger partial charge in [0.1, 0.15) is 0 Å². The standard InChI is InChI=1S/C9H14N3O/c1-2-12-4-3-7(6-10)5-8(12)9(11)13/h8H,2-5H2,1H3,(H2,11,13). The summed E-state index contributed by atoms with van der Waals surface area (Å²) in [5.41, 5.74) is 5.25. The van der Waals surface area contributed by atoms with Crippen LogP contribution in [0.25, 0.3) is 0 Å². The van der Waals surface area contributed by atoms with E-state index in [2.05, 4.69) is 6.07 Å². The molecule has 1 amide bonds. The Labute approximate surface area is 78.3 Å². The van der Waals surface area contributed by atoms with Gasteiger partial charge in [0.25, 0.3) is 0 Å². The van der Waals surface area contributed by atoms with Crippen LogP contribution < -0.4 is 5.73 Å². The molecule has 13 heavy (non-hydrogen) atoms. The summed E-state index contributed by atoms with van der Waals surface area (Å²) in [5.74, 6) is 0.461. The minimum atomic E-state index is -0.325. The molecule has 4 nitrogen and oxygen atoms in total. The number of likely N-dealkylation sites (tertiary alicyclic amines) is 1. The number of hydrogen-bond acceptors (Lipinski definition) is 3. The third kappa shape index (κ3) is 2.19. The number of piperidine rings is 1. The number of rotatable bonds is 2. The predicted molar refractivity (Wildman–Crippen MR) is 48.3 cm³/mol. The molecule has 71 valence electrons. The van der Waals surface area contributed by atoms with E-state index in [-0.39, 0.29) is 11.9 Å². The zero-order valence-electron chi connectivity index (χ0n) is 7.79. The van der Waals surface area contributed by atoms with Crippen molar-refractivity contribution in [2.45, 2.75) is 25.8 Å². The van der Waals surface area contributed by atoms with Gasteiger partial charge in [0.05, 0.1) is 18.0 Å². The van der Waals surface area contributed by atoms with Crippen molar-refractivity contribution in [2.75, 3.05) is 13.1 Å². The SMILES string of the molecule is CCN1CC[C](C#N)CC1C(N)=O. The van der Waals surface area contributed by atoms with Gasteiger partial charge in [0.15, 0.2) is 0 Å². The molecule has 0 spiro atoms. The Morgan fingerprint density at radius 3 is 3.00 bits per heavy atom. The van der Waals surface area contributed by atoms with E-state index in [0.29, 0.717) is 6.42 Å². The highest BCUT2D eigenvalue weighted by molar-refractivity contribution is 5.80. The van der Waals surface area contributed by atoms with Crippen molar-refractivity contribution >= 4 is 5.91 Å². The minimum Gasteiger partial charge on any atom is -0.368 e. The van der Waals surface area contributed by atoms with E-state index in [4.69, 9.17) is 11.0 Å². The molecule has 0 aliphatic carbocycles. The maximum atomic E-state index is 11.0. The Morgan fingerprint density at radius 2 is 2.54 bits per heavy atom. The molecule has 1 radical (unpaired) electrons. The van der Waals surface area contributed by atoms with E-state index in [1.165, 1.54) is 0 Å². The molecule has 0 aromatic carbocycles. The van der Waals surface area contributed by atoms with Gasteiger partial charge in [-0.3, -0.25) is 9.69 Å². The summed E-state index contributed by atoms with van der Waals surface area (Å²) in [7, 11) is 0. The normalized spacial score (nSPS) is 25.4. The van der Waals surface area contributed by atoms with Crippen LogP contribution >= 0.6 is 0 Å². The zero-order valence-corrected chi connectivity index (χ0v) is 7.79. The highest BCUT2D eigenvalue weighted by Crippen LogP contribution is 2.23. The second kappa shape index (κ2) is 4.24. The number of nitrogens with two attached hydrogens (primary N) is 1. The lowest BCUT2D eigenvalue weighted by Crippen LogP contribution is -2.49. The molecule has 0 aromatic heterocycles. The fraction of sp³-hybridized carbons (Fsp3) is 0.667. The maximum absolute atomic E-state index is 11.0. The molecular formula is C9H14N3O. The van der Waals surface area contributed by atoms with Crippen molar-refractivity contribution in [2.24, 2.45) is 5.73 Å². The van der Waals surface area contributed by atoms with Crippen LogP contribution in [0.15, 0.2) is 0 Å². The Morgan fingerprint density at radius 1 is 1.85 bits per heavy atom. The Hall–Kier alpha value is -1.08. The van der Waals surface area contributed by atoms with E-state index in [9.17, 15) is 4.79 Å². The van der Waals surface area contributed by atoms with Gasteiger partial charge in [-0.2, -0.15) is 5.26 Å². The fourth-order valence-corrected chi connectivity index (χ4v) is 1.66.